The first kappa shape index (κ1) is 11.5. The van der Waals surface area contributed by atoms with Crippen LogP contribution in [0.4, 0.5) is 0 Å². The van der Waals surface area contributed by atoms with Crippen LogP contribution in [0.25, 0.3) is 5.57 Å². The quantitative estimate of drug-likeness (QED) is 0.652. The normalized spacial score (nSPS) is 21.2. The number of hydrogen-bond donors (Lipinski definition) is 0. The van der Waals surface area contributed by atoms with Gasteiger partial charge in [0.1, 0.15) is 6.61 Å². The molecule has 94 valence electrons. The van der Waals surface area contributed by atoms with Crippen molar-refractivity contribution in [1.29, 1.82) is 0 Å². The zero-order valence-corrected chi connectivity index (χ0v) is 11.2. The minimum absolute atomic E-state index is 0.116. The van der Waals surface area contributed by atoms with Crippen molar-refractivity contribution in [2.24, 2.45) is 0 Å². The molecule has 0 aromatic heterocycles. The van der Waals surface area contributed by atoms with Gasteiger partial charge in [-0.05, 0) is 36.3 Å². The van der Waals surface area contributed by atoms with Crippen LogP contribution in [0.5, 0.6) is 0 Å². The van der Waals surface area contributed by atoms with Gasteiger partial charge in [0.15, 0.2) is 0 Å². The highest BCUT2D eigenvalue weighted by Crippen LogP contribution is 2.42. The predicted octanol–water partition coefficient (Wildman–Crippen LogP) is 3.38. The lowest BCUT2D eigenvalue weighted by molar-refractivity contribution is -0.136. The third kappa shape index (κ3) is 1.59. The first-order chi connectivity index (χ1) is 8.49. The van der Waals surface area contributed by atoms with Crippen LogP contribution in [0.2, 0.25) is 0 Å². The van der Waals surface area contributed by atoms with Gasteiger partial charge in [-0.25, -0.2) is 4.79 Å². The Morgan fingerprint density at radius 3 is 2.78 bits per heavy atom. The maximum atomic E-state index is 11.8. The average molecular weight is 242 g/mol. The van der Waals surface area contributed by atoms with Crippen molar-refractivity contribution in [3.63, 3.8) is 0 Å². The van der Waals surface area contributed by atoms with E-state index < -0.39 is 0 Å². The highest BCUT2D eigenvalue weighted by molar-refractivity contribution is 6.02. The van der Waals surface area contributed by atoms with Crippen LogP contribution in [0.15, 0.2) is 23.8 Å². The van der Waals surface area contributed by atoms with E-state index in [0.29, 0.717) is 6.61 Å². The van der Waals surface area contributed by atoms with Gasteiger partial charge in [0.2, 0.25) is 0 Å². The molecule has 1 aliphatic heterocycles. The number of hydrogen-bond acceptors (Lipinski definition) is 2. The summed E-state index contributed by atoms with van der Waals surface area (Å²) in [5.74, 6) is -0.116. The molecule has 0 unspecified atom stereocenters. The first-order valence-corrected chi connectivity index (χ1v) is 6.50. The van der Waals surface area contributed by atoms with Crippen molar-refractivity contribution in [3.8, 4) is 0 Å². The maximum Gasteiger partial charge on any atom is 0.334 e. The second-order valence-corrected chi connectivity index (χ2v) is 5.97. The van der Waals surface area contributed by atoms with Crippen molar-refractivity contribution in [1.82, 2.24) is 0 Å². The van der Waals surface area contributed by atoms with E-state index in [0.717, 1.165) is 24.0 Å². The summed E-state index contributed by atoms with van der Waals surface area (Å²) >= 11 is 0. The number of carbonyl (C=O) groups excluding carboxylic acids is 1. The number of ether oxygens (including phenoxy) is 1. The molecule has 3 rings (SSSR count). The Morgan fingerprint density at radius 2 is 2.00 bits per heavy atom. The van der Waals surface area contributed by atoms with Gasteiger partial charge in [0, 0.05) is 11.1 Å². The summed E-state index contributed by atoms with van der Waals surface area (Å²) in [5, 5.41) is 0. The summed E-state index contributed by atoms with van der Waals surface area (Å²) in [6.45, 7) is 7.09. The molecule has 1 aromatic carbocycles. The summed E-state index contributed by atoms with van der Waals surface area (Å²) < 4.78 is 5.20. The maximum absolute atomic E-state index is 11.8. The molecule has 2 nitrogen and oxygen atoms in total. The SMILES string of the molecule is Cc1ccc2c(c1)C(C)(C)CCC1=C2COC1=O. The van der Waals surface area contributed by atoms with Gasteiger partial charge in [0.25, 0.3) is 0 Å². The molecule has 18 heavy (non-hydrogen) atoms. The summed E-state index contributed by atoms with van der Waals surface area (Å²) in [5.41, 5.74) is 5.96. The lowest BCUT2D eigenvalue weighted by Gasteiger charge is -2.26. The Morgan fingerprint density at radius 1 is 1.22 bits per heavy atom. The van der Waals surface area contributed by atoms with E-state index >= 15 is 0 Å². The van der Waals surface area contributed by atoms with Gasteiger partial charge in [0.05, 0.1) is 0 Å². The van der Waals surface area contributed by atoms with Crippen LogP contribution in [-0.2, 0) is 14.9 Å². The van der Waals surface area contributed by atoms with Gasteiger partial charge in [-0.3, -0.25) is 0 Å². The van der Waals surface area contributed by atoms with Crippen molar-refractivity contribution >= 4 is 11.5 Å². The molecule has 1 heterocycles. The van der Waals surface area contributed by atoms with E-state index in [1.54, 1.807) is 0 Å². The second-order valence-electron chi connectivity index (χ2n) is 5.97. The fourth-order valence-electron chi connectivity index (χ4n) is 2.98. The fourth-order valence-corrected chi connectivity index (χ4v) is 2.98. The van der Waals surface area contributed by atoms with Gasteiger partial charge in [-0.2, -0.15) is 0 Å². The Balaban J connectivity index is 2.25. The number of aryl methyl sites for hydroxylation is 1. The third-order valence-electron chi connectivity index (χ3n) is 4.19. The minimum Gasteiger partial charge on any atom is -0.457 e. The molecule has 0 spiro atoms. The van der Waals surface area contributed by atoms with E-state index in [4.69, 9.17) is 4.74 Å². The van der Waals surface area contributed by atoms with E-state index in [2.05, 4.69) is 39.0 Å². The second kappa shape index (κ2) is 3.71. The van der Waals surface area contributed by atoms with Crippen molar-refractivity contribution < 1.29 is 9.53 Å². The number of carbonyl (C=O) groups is 1. The van der Waals surface area contributed by atoms with E-state index in [-0.39, 0.29) is 11.4 Å². The zero-order valence-electron chi connectivity index (χ0n) is 11.2. The molecule has 0 N–H and O–H groups in total. The Kier molecular flexibility index (Phi) is 2.37. The van der Waals surface area contributed by atoms with E-state index in [1.165, 1.54) is 16.7 Å². The Hall–Kier alpha value is -1.57. The van der Waals surface area contributed by atoms with Gasteiger partial charge >= 0.3 is 5.97 Å². The van der Waals surface area contributed by atoms with Crippen molar-refractivity contribution in [2.45, 2.75) is 39.0 Å². The number of fused-ring (bicyclic) bond motifs is 2. The number of rotatable bonds is 0. The Labute approximate surface area is 108 Å². The minimum atomic E-state index is -0.116. The largest absolute Gasteiger partial charge is 0.457 e. The van der Waals surface area contributed by atoms with Crippen LogP contribution in [-0.4, -0.2) is 12.6 Å². The molecule has 0 radical (unpaired) electrons. The van der Waals surface area contributed by atoms with Crippen LogP contribution in [0.3, 0.4) is 0 Å². The zero-order chi connectivity index (χ0) is 12.9. The molecule has 0 atom stereocenters. The van der Waals surface area contributed by atoms with Crippen LogP contribution < -0.4 is 0 Å². The summed E-state index contributed by atoms with van der Waals surface area (Å²) in [7, 11) is 0. The summed E-state index contributed by atoms with van der Waals surface area (Å²) in [6, 6.07) is 6.52. The molecule has 2 aliphatic rings. The highest BCUT2D eigenvalue weighted by atomic mass is 16.5. The van der Waals surface area contributed by atoms with E-state index in [9.17, 15) is 4.79 Å². The number of cyclic esters (lactones) is 1. The summed E-state index contributed by atoms with van der Waals surface area (Å²) in [4.78, 5) is 11.8. The van der Waals surface area contributed by atoms with Gasteiger partial charge in [-0.1, -0.05) is 37.6 Å². The molecule has 1 aliphatic carbocycles. The molecular weight excluding hydrogens is 224 g/mol. The number of esters is 1. The van der Waals surface area contributed by atoms with E-state index in [1.807, 2.05) is 0 Å². The highest BCUT2D eigenvalue weighted by Gasteiger charge is 2.35. The van der Waals surface area contributed by atoms with Crippen LogP contribution >= 0.6 is 0 Å². The topological polar surface area (TPSA) is 26.3 Å². The molecule has 1 aromatic rings. The van der Waals surface area contributed by atoms with Crippen molar-refractivity contribution in [2.75, 3.05) is 6.61 Å². The monoisotopic (exact) mass is 242 g/mol. The van der Waals surface area contributed by atoms with Gasteiger partial charge < -0.3 is 4.74 Å². The standard InChI is InChI=1S/C16H18O2/c1-10-4-5-11-13-9-18-15(17)12(13)6-7-16(2,3)14(11)8-10/h4-5,8H,6-7,9H2,1-3H3. The molecule has 0 fully saturated rings. The third-order valence-corrected chi connectivity index (χ3v) is 4.19. The smallest absolute Gasteiger partial charge is 0.334 e. The molecule has 0 saturated heterocycles. The van der Waals surface area contributed by atoms with Crippen molar-refractivity contribution in [3.05, 3.63) is 40.5 Å². The summed E-state index contributed by atoms with van der Waals surface area (Å²) in [6.07, 6.45) is 1.83. The molecule has 0 saturated carbocycles. The fraction of sp³-hybridized carbons (Fsp3) is 0.438. The Bertz CT molecular complexity index is 564. The lowest BCUT2D eigenvalue weighted by Crippen LogP contribution is -2.18. The molecule has 0 bridgehead atoms. The van der Waals surface area contributed by atoms with Crippen LogP contribution in [0, 0.1) is 6.92 Å². The molecular formula is C16H18O2. The predicted molar refractivity (Wildman–Crippen MR) is 71.3 cm³/mol. The lowest BCUT2D eigenvalue weighted by atomic mass is 9.78. The first-order valence-electron chi connectivity index (χ1n) is 6.50. The van der Waals surface area contributed by atoms with Gasteiger partial charge in [-0.15, -0.1) is 0 Å². The molecule has 0 amide bonds. The number of benzene rings is 1. The molecule has 2 heteroatoms. The van der Waals surface area contributed by atoms with Crippen LogP contribution in [0.1, 0.15) is 43.4 Å². The average Bonchev–Trinajstić information content (AvgIpc) is 2.63.